The van der Waals surface area contributed by atoms with Crippen molar-refractivity contribution in [3.05, 3.63) is 54.1 Å². The summed E-state index contributed by atoms with van der Waals surface area (Å²) < 4.78 is 38.5. The van der Waals surface area contributed by atoms with Crippen molar-refractivity contribution in [3.8, 4) is 11.5 Å². The lowest BCUT2D eigenvalue weighted by Crippen LogP contribution is -2.54. The molecule has 0 unspecified atom stereocenters. The van der Waals surface area contributed by atoms with Gasteiger partial charge in [0, 0.05) is 18.7 Å². The molecule has 0 saturated carbocycles. The molecule has 9 nitrogen and oxygen atoms in total. The number of sulfonamides is 1. The van der Waals surface area contributed by atoms with Gasteiger partial charge in [-0.2, -0.15) is 0 Å². The summed E-state index contributed by atoms with van der Waals surface area (Å²) in [5.41, 5.74) is 1.33. The first kappa shape index (κ1) is 28.3. The minimum Gasteiger partial charge on any atom is -0.486 e. The van der Waals surface area contributed by atoms with E-state index in [9.17, 15) is 18.0 Å². The van der Waals surface area contributed by atoms with Crippen molar-refractivity contribution in [3.63, 3.8) is 0 Å². The van der Waals surface area contributed by atoms with E-state index in [2.05, 4.69) is 5.32 Å². The fourth-order valence-electron chi connectivity index (χ4n) is 4.18. The third-order valence-electron chi connectivity index (χ3n) is 6.09. The van der Waals surface area contributed by atoms with E-state index in [4.69, 9.17) is 9.47 Å². The van der Waals surface area contributed by atoms with Gasteiger partial charge in [-0.15, -0.1) is 0 Å². The lowest BCUT2D eigenvalue weighted by molar-refractivity contribution is -0.139. The smallest absolute Gasteiger partial charge is 0.244 e. The molecule has 2 aromatic carbocycles. The maximum Gasteiger partial charge on any atom is 0.244 e. The van der Waals surface area contributed by atoms with Crippen LogP contribution in [0.5, 0.6) is 11.5 Å². The molecule has 0 bridgehead atoms. The Hall–Kier alpha value is -3.27. The maximum atomic E-state index is 13.8. The average molecular weight is 532 g/mol. The summed E-state index contributed by atoms with van der Waals surface area (Å²) in [6.45, 7) is 7.69. The van der Waals surface area contributed by atoms with Gasteiger partial charge >= 0.3 is 0 Å². The predicted molar refractivity (Wildman–Crippen MR) is 143 cm³/mol. The molecule has 1 atom stereocenters. The van der Waals surface area contributed by atoms with Gasteiger partial charge in [0.25, 0.3) is 0 Å². The molecule has 0 saturated heterocycles. The maximum absolute atomic E-state index is 13.8. The first-order valence-electron chi connectivity index (χ1n) is 12.7. The lowest BCUT2D eigenvalue weighted by Gasteiger charge is -2.33. The van der Waals surface area contributed by atoms with E-state index in [1.165, 1.54) is 11.8 Å². The summed E-state index contributed by atoms with van der Waals surface area (Å²) in [5, 5.41) is 2.89. The van der Waals surface area contributed by atoms with Crippen LogP contribution in [-0.4, -0.2) is 69.3 Å². The van der Waals surface area contributed by atoms with Crippen molar-refractivity contribution in [2.45, 2.75) is 52.6 Å². The summed E-state index contributed by atoms with van der Waals surface area (Å²) >= 11 is 0. The largest absolute Gasteiger partial charge is 0.486 e. The predicted octanol–water partition coefficient (Wildman–Crippen LogP) is 2.99. The zero-order valence-electron chi connectivity index (χ0n) is 22.0. The van der Waals surface area contributed by atoms with E-state index >= 15 is 0 Å². The van der Waals surface area contributed by atoms with Gasteiger partial charge in [0.1, 0.15) is 25.8 Å². The van der Waals surface area contributed by atoms with E-state index in [0.717, 1.165) is 9.87 Å². The molecule has 202 valence electrons. The number of nitrogens with one attached hydrogen (secondary N) is 1. The Morgan fingerprint density at radius 3 is 2.30 bits per heavy atom. The van der Waals surface area contributed by atoms with Crippen LogP contribution in [0.25, 0.3) is 0 Å². The monoisotopic (exact) mass is 531 g/mol. The third kappa shape index (κ3) is 7.38. The van der Waals surface area contributed by atoms with Crippen LogP contribution in [-0.2, 0) is 26.0 Å². The fourth-order valence-corrected chi connectivity index (χ4v) is 5.24. The number of hydrogen-bond donors (Lipinski definition) is 1. The minimum absolute atomic E-state index is 0.0951. The molecule has 1 aliphatic heterocycles. The van der Waals surface area contributed by atoms with Crippen LogP contribution in [0.4, 0.5) is 5.69 Å². The number of amides is 2. The van der Waals surface area contributed by atoms with Gasteiger partial charge in [-0.05, 0) is 51.3 Å². The van der Waals surface area contributed by atoms with Gasteiger partial charge in [-0.3, -0.25) is 13.9 Å². The van der Waals surface area contributed by atoms with Gasteiger partial charge in [0.2, 0.25) is 21.8 Å². The number of benzene rings is 2. The van der Waals surface area contributed by atoms with Crippen LogP contribution < -0.4 is 19.1 Å². The molecule has 0 aliphatic carbocycles. The molecule has 1 aliphatic rings. The number of rotatable bonds is 12. The SMILES string of the molecule is CC[C@H](C(=O)NC(C)C)N(CCc1ccccc1)C(=O)CN(c1ccc2c(c1)OCCO2)S(=O)(=O)CC. The molecule has 1 N–H and O–H groups in total. The Kier molecular flexibility index (Phi) is 9.79. The topological polar surface area (TPSA) is 105 Å². The average Bonchev–Trinajstić information content (AvgIpc) is 2.89. The van der Waals surface area contributed by atoms with Crippen LogP contribution in [0, 0.1) is 0 Å². The highest BCUT2D eigenvalue weighted by Crippen LogP contribution is 2.35. The molecule has 0 spiro atoms. The van der Waals surface area contributed by atoms with Crippen LogP contribution >= 0.6 is 0 Å². The molecule has 3 rings (SSSR count). The van der Waals surface area contributed by atoms with Crippen LogP contribution in [0.15, 0.2) is 48.5 Å². The number of hydrogen-bond acceptors (Lipinski definition) is 6. The standard InChI is InChI=1S/C27H37N3O6S/c1-5-23(27(32)28-20(3)4)29(15-14-21-10-8-7-9-11-21)26(31)19-30(37(33,34)6-2)22-12-13-24-25(18-22)36-17-16-35-24/h7-13,18,20,23H,5-6,14-17,19H2,1-4H3,(H,28,32)/t23-/m1/s1. The molecule has 0 fully saturated rings. The minimum atomic E-state index is -3.82. The lowest BCUT2D eigenvalue weighted by atomic mass is 10.1. The second-order valence-corrected chi connectivity index (χ2v) is 11.3. The normalized spacial score (nSPS) is 13.6. The fraction of sp³-hybridized carbons (Fsp3) is 0.481. The molecule has 0 radical (unpaired) electrons. The Morgan fingerprint density at radius 2 is 1.68 bits per heavy atom. The van der Waals surface area contributed by atoms with Crippen molar-refractivity contribution < 1.29 is 27.5 Å². The van der Waals surface area contributed by atoms with Crippen LogP contribution in [0.3, 0.4) is 0 Å². The first-order valence-corrected chi connectivity index (χ1v) is 14.3. The Bertz CT molecular complexity index is 1170. The molecular weight excluding hydrogens is 494 g/mol. The number of carbonyl (C=O) groups is 2. The van der Waals surface area contributed by atoms with Gasteiger partial charge in [-0.1, -0.05) is 37.3 Å². The zero-order valence-corrected chi connectivity index (χ0v) is 22.8. The van der Waals surface area contributed by atoms with Gasteiger partial charge in [0.15, 0.2) is 11.5 Å². The Morgan fingerprint density at radius 1 is 1.00 bits per heavy atom. The molecule has 10 heteroatoms. The third-order valence-corrected chi connectivity index (χ3v) is 7.84. The van der Waals surface area contributed by atoms with Crippen molar-refractivity contribution in [1.29, 1.82) is 0 Å². The summed E-state index contributed by atoms with van der Waals surface area (Å²) in [6, 6.07) is 13.7. The molecular formula is C27H37N3O6S. The highest BCUT2D eigenvalue weighted by atomic mass is 32.2. The number of nitrogens with zero attached hydrogens (tertiary/aromatic N) is 2. The van der Waals surface area contributed by atoms with Crippen LogP contribution in [0.1, 0.15) is 39.7 Å². The molecule has 0 aromatic heterocycles. The van der Waals surface area contributed by atoms with E-state index in [1.807, 2.05) is 51.1 Å². The number of ether oxygens (including phenoxy) is 2. The molecule has 1 heterocycles. The quantitative estimate of drug-likeness (QED) is 0.452. The second-order valence-electron chi connectivity index (χ2n) is 9.15. The summed E-state index contributed by atoms with van der Waals surface area (Å²) in [7, 11) is -3.82. The van der Waals surface area contributed by atoms with E-state index in [1.54, 1.807) is 18.2 Å². The number of anilines is 1. The van der Waals surface area contributed by atoms with Gasteiger partial charge in [-0.25, -0.2) is 8.42 Å². The Labute approximate surface area is 219 Å². The van der Waals surface area contributed by atoms with E-state index < -0.39 is 28.5 Å². The number of fused-ring (bicyclic) bond motifs is 1. The van der Waals surface area contributed by atoms with Gasteiger partial charge in [0.05, 0.1) is 11.4 Å². The van der Waals surface area contributed by atoms with E-state index in [0.29, 0.717) is 43.2 Å². The highest BCUT2D eigenvalue weighted by Gasteiger charge is 2.32. The first-order chi connectivity index (χ1) is 17.7. The molecule has 2 aromatic rings. The summed E-state index contributed by atoms with van der Waals surface area (Å²) in [4.78, 5) is 28.3. The molecule has 2 amide bonds. The second kappa shape index (κ2) is 12.8. The van der Waals surface area contributed by atoms with Gasteiger partial charge < -0.3 is 19.7 Å². The van der Waals surface area contributed by atoms with Crippen LogP contribution in [0.2, 0.25) is 0 Å². The summed E-state index contributed by atoms with van der Waals surface area (Å²) in [6.07, 6.45) is 0.923. The zero-order chi connectivity index (χ0) is 27.0. The Balaban J connectivity index is 1.93. The van der Waals surface area contributed by atoms with Crippen molar-refractivity contribution in [1.82, 2.24) is 10.2 Å². The van der Waals surface area contributed by atoms with Crippen molar-refractivity contribution >= 4 is 27.5 Å². The van der Waals surface area contributed by atoms with Crippen molar-refractivity contribution in [2.24, 2.45) is 0 Å². The van der Waals surface area contributed by atoms with E-state index in [-0.39, 0.29) is 24.2 Å². The van der Waals surface area contributed by atoms with Crippen molar-refractivity contribution in [2.75, 3.05) is 36.4 Å². The number of carbonyl (C=O) groups excluding carboxylic acids is 2. The highest BCUT2D eigenvalue weighted by molar-refractivity contribution is 7.92. The summed E-state index contributed by atoms with van der Waals surface area (Å²) in [5.74, 6) is 0.0491. The molecule has 37 heavy (non-hydrogen) atoms.